The number of aliphatic carboxylic acids is 1. The first-order valence-corrected chi connectivity index (χ1v) is 16.2. The molecule has 0 radical (unpaired) electrons. The van der Waals surface area contributed by atoms with Gasteiger partial charge in [-0.15, -0.1) is 0 Å². The zero-order chi connectivity index (χ0) is 33.9. The summed E-state index contributed by atoms with van der Waals surface area (Å²) in [6.45, 7) is 16.2. The lowest BCUT2D eigenvalue weighted by Crippen LogP contribution is -2.39. The molecule has 1 unspecified atom stereocenters. The van der Waals surface area contributed by atoms with Crippen molar-refractivity contribution in [2.45, 2.75) is 86.0 Å². The summed E-state index contributed by atoms with van der Waals surface area (Å²) in [6.07, 6.45) is 3.04. The second-order valence-corrected chi connectivity index (χ2v) is 14.1. The van der Waals surface area contributed by atoms with Crippen LogP contribution in [0.4, 0.5) is 10.1 Å². The molecule has 0 saturated carbocycles. The van der Waals surface area contributed by atoms with Crippen LogP contribution in [0.5, 0.6) is 5.75 Å². The van der Waals surface area contributed by atoms with E-state index < -0.39 is 17.7 Å². The van der Waals surface area contributed by atoms with Crippen molar-refractivity contribution in [2.24, 2.45) is 5.41 Å². The predicted molar refractivity (Wildman–Crippen MR) is 180 cm³/mol. The monoisotopic (exact) mass is 643 g/mol. The molecule has 0 amide bonds. The first-order valence-electron chi connectivity index (χ1n) is 16.2. The number of pyridine rings is 1. The Kier molecular flexibility index (Phi) is 10.0. The SMILES string of the molecule is Cc1ncn(Cc2nc(C)c(C(OC(C)(C)C)C(=O)O)c(N3CCC(C)(C)CC3)c2-c2ccc(OCCc3ccc(F)cc3)cc2)n1. The normalized spacial score (nSPS) is 15.4. The zero-order valence-electron chi connectivity index (χ0n) is 28.5. The molecule has 1 aliphatic rings. The third-order valence-corrected chi connectivity index (χ3v) is 8.54. The Bertz CT molecular complexity index is 1680. The fourth-order valence-electron chi connectivity index (χ4n) is 6.02. The van der Waals surface area contributed by atoms with E-state index >= 15 is 0 Å². The molecule has 4 aromatic rings. The molecule has 0 spiro atoms. The number of benzene rings is 2. The van der Waals surface area contributed by atoms with Crippen LogP contribution in [0.15, 0.2) is 54.9 Å². The van der Waals surface area contributed by atoms with Crippen molar-refractivity contribution in [3.05, 3.63) is 89.0 Å². The van der Waals surface area contributed by atoms with Gasteiger partial charge in [0.1, 0.15) is 23.7 Å². The number of hydrogen-bond donors (Lipinski definition) is 1. The van der Waals surface area contributed by atoms with Gasteiger partial charge in [-0.1, -0.05) is 38.1 Å². The molecule has 5 rings (SSSR count). The molecule has 1 atom stereocenters. The predicted octanol–water partition coefficient (Wildman–Crippen LogP) is 7.33. The molecule has 1 aliphatic heterocycles. The van der Waals surface area contributed by atoms with Gasteiger partial charge in [0.15, 0.2) is 6.10 Å². The average Bonchev–Trinajstić information content (AvgIpc) is 3.41. The van der Waals surface area contributed by atoms with E-state index in [0.29, 0.717) is 42.4 Å². The number of anilines is 1. The van der Waals surface area contributed by atoms with Crippen LogP contribution in [0.1, 0.15) is 81.9 Å². The molecule has 1 fully saturated rings. The van der Waals surface area contributed by atoms with Gasteiger partial charge in [0.25, 0.3) is 0 Å². The maximum absolute atomic E-state index is 13.3. The van der Waals surface area contributed by atoms with Crippen molar-refractivity contribution in [3.8, 4) is 16.9 Å². The molecule has 3 heterocycles. The summed E-state index contributed by atoms with van der Waals surface area (Å²) in [7, 11) is 0. The van der Waals surface area contributed by atoms with Gasteiger partial charge in [-0.2, -0.15) is 5.10 Å². The molecule has 1 saturated heterocycles. The van der Waals surface area contributed by atoms with Crippen molar-refractivity contribution < 1.29 is 23.8 Å². The molecule has 9 nitrogen and oxygen atoms in total. The highest BCUT2D eigenvalue weighted by molar-refractivity contribution is 5.88. The van der Waals surface area contributed by atoms with Crippen molar-refractivity contribution in [1.82, 2.24) is 19.7 Å². The minimum atomic E-state index is -1.22. The summed E-state index contributed by atoms with van der Waals surface area (Å²) >= 11 is 0. The lowest BCUT2D eigenvalue weighted by molar-refractivity contribution is -0.160. The second kappa shape index (κ2) is 13.8. The summed E-state index contributed by atoms with van der Waals surface area (Å²) in [6, 6.07) is 14.3. The molecule has 10 heteroatoms. The lowest BCUT2D eigenvalue weighted by atomic mass is 9.81. The summed E-state index contributed by atoms with van der Waals surface area (Å²) < 4.78 is 27.4. The Labute approximate surface area is 276 Å². The molecule has 1 N–H and O–H groups in total. The third kappa shape index (κ3) is 8.54. The van der Waals surface area contributed by atoms with Crippen molar-refractivity contribution in [3.63, 3.8) is 0 Å². The fraction of sp³-hybridized carbons (Fsp3) is 0.459. The van der Waals surface area contributed by atoms with Crippen LogP contribution >= 0.6 is 0 Å². The number of ether oxygens (including phenoxy) is 2. The van der Waals surface area contributed by atoms with E-state index in [1.165, 1.54) is 12.1 Å². The number of nitrogens with zero attached hydrogens (tertiary/aromatic N) is 5. The highest BCUT2D eigenvalue weighted by Gasteiger charge is 2.37. The van der Waals surface area contributed by atoms with E-state index in [1.807, 2.05) is 58.9 Å². The smallest absolute Gasteiger partial charge is 0.337 e. The van der Waals surface area contributed by atoms with Crippen LogP contribution in [0.25, 0.3) is 11.1 Å². The van der Waals surface area contributed by atoms with Gasteiger partial charge in [-0.05, 0) is 88.3 Å². The fourth-order valence-corrected chi connectivity index (χ4v) is 6.02. The second-order valence-electron chi connectivity index (χ2n) is 14.1. The van der Waals surface area contributed by atoms with E-state index in [2.05, 4.69) is 28.8 Å². The highest BCUT2D eigenvalue weighted by Crippen LogP contribution is 2.45. The number of carboxylic acid groups (broad SMARTS) is 1. The number of carbonyl (C=O) groups is 1. The molecule has 2 aromatic heterocycles. The quantitative estimate of drug-likeness (QED) is 0.181. The van der Waals surface area contributed by atoms with Crippen LogP contribution in [0, 0.1) is 25.1 Å². The highest BCUT2D eigenvalue weighted by atomic mass is 19.1. The molecule has 0 bridgehead atoms. The van der Waals surface area contributed by atoms with Gasteiger partial charge in [0.05, 0.1) is 30.1 Å². The Morgan fingerprint density at radius 3 is 2.28 bits per heavy atom. The van der Waals surface area contributed by atoms with Crippen LogP contribution in [0.3, 0.4) is 0 Å². The first kappa shape index (κ1) is 34.0. The van der Waals surface area contributed by atoms with Crippen LogP contribution in [-0.4, -0.2) is 56.1 Å². The third-order valence-electron chi connectivity index (χ3n) is 8.54. The minimum Gasteiger partial charge on any atom is -0.493 e. The van der Waals surface area contributed by atoms with E-state index in [-0.39, 0.29) is 11.2 Å². The van der Waals surface area contributed by atoms with E-state index in [9.17, 15) is 14.3 Å². The number of aryl methyl sites for hydroxylation is 2. The minimum absolute atomic E-state index is 0.182. The lowest BCUT2D eigenvalue weighted by Gasteiger charge is -2.41. The number of carboxylic acids is 1. The summed E-state index contributed by atoms with van der Waals surface area (Å²) in [5, 5.41) is 15.1. The van der Waals surface area contributed by atoms with Gasteiger partial charge < -0.3 is 19.5 Å². The van der Waals surface area contributed by atoms with Crippen molar-refractivity contribution in [2.75, 3.05) is 24.6 Å². The first-order chi connectivity index (χ1) is 22.2. The molecular weight excluding hydrogens is 597 g/mol. The van der Waals surface area contributed by atoms with Gasteiger partial charge in [-0.25, -0.2) is 18.9 Å². The van der Waals surface area contributed by atoms with Gasteiger partial charge >= 0.3 is 5.97 Å². The number of halogens is 1. The van der Waals surface area contributed by atoms with Crippen molar-refractivity contribution in [1.29, 1.82) is 0 Å². The van der Waals surface area contributed by atoms with Gasteiger partial charge in [-0.3, -0.25) is 4.98 Å². The van der Waals surface area contributed by atoms with E-state index in [1.54, 1.807) is 23.1 Å². The number of aromatic nitrogens is 4. The summed E-state index contributed by atoms with van der Waals surface area (Å²) in [5.74, 6) is 0.0407. The van der Waals surface area contributed by atoms with Crippen LogP contribution < -0.4 is 9.64 Å². The largest absolute Gasteiger partial charge is 0.493 e. The molecule has 0 aliphatic carbocycles. The van der Waals surface area contributed by atoms with E-state index in [4.69, 9.17) is 14.5 Å². The Hall–Kier alpha value is -4.31. The topological polar surface area (TPSA) is 103 Å². The molecule has 250 valence electrons. The standard InChI is InChI=1S/C37H46FN5O4/c1-24-31(34(35(44)45)47-36(3,4)5)33(42-19-17-37(6,7)18-20-42)32(30(40-24)22-43-23-39-25(2)41-43)27-10-14-29(15-11-27)46-21-16-26-8-12-28(38)13-9-26/h8-15,23,34H,16-22H2,1-7H3,(H,44,45). The number of rotatable bonds is 11. The summed E-state index contributed by atoms with van der Waals surface area (Å²) in [4.78, 5) is 24.6. The molecule has 47 heavy (non-hydrogen) atoms. The average molecular weight is 644 g/mol. The molecular formula is C37H46FN5O4. The Balaban J connectivity index is 1.61. The maximum atomic E-state index is 13.3. The number of piperidine rings is 1. The maximum Gasteiger partial charge on any atom is 0.337 e. The van der Waals surface area contributed by atoms with Gasteiger partial charge in [0, 0.05) is 36.3 Å². The van der Waals surface area contributed by atoms with E-state index in [0.717, 1.165) is 54.0 Å². The summed E-state index contributed by atoms with van der Waals surface area (Å²) in [5.41, 5.74) is 4.98. The molecule has 2 aromatic carbocycles. The Morgan fingerprint density at radius 1 is 1.04 bits per heavy atom. The van der Waals surface area contributed by atoms with Crippen LogP contribution in [-0.2, 0) is 22.5 Å². The van der Waals surface area contributed by atoms with Crippen LogP contribution in [0.2, 0.25) is 0 Å². The number of hydrogen-bond acceptors (Lipinski definition) is 7. The van der Waals surface area contributed by atoms with Gasteiger partial charge in [0.2, 0.25) is 0 Å². The van der Waals surface area contributed by atoms with Crippen molar-refractivity contribution >= 4 is 11.7 Å². The zero-order valence-corrected chi connectivity index (χ0v) is 28.5. The Morgan fingerprint density at radius 2 is 1.70 bits per heavy atom.